The minimum Gasteiger partial charge on any atom is -0.300 e. The molecule has 2 unspecified atom stereocenters. The van der Waals surface area contributed by atoms with E-state index in [-0.39, 0.29) is 11.6 Å². The second-order valence-electron chi connectivity index (χ2n) is 5.72. The van der Waals surface area contributed by atoms with Crippen LogP contribution < -0.4 is 0 Å². The fourth-order valence-corrected chi connectivity index (χ4v) is 2.92. The van der Waals surface area contributed by atoms with Gasteiger partial charge < -0.3 is 4.90 Å². The van der Waals surface area contributed by atoms with Gasteiger partial charge in [-0.3, -0.25) is 4.79 Å². The fraction of sp³-hybridized carbons (Fsp3) is 0.562. The van der Waals surface area contributed by atoms with E-state index in [1.165, 1.54) is 18.6 Å². The molecular weight excluding hydrogens is 241 g/mol. The van der Waals surface area contributed by atoms with E-state index in [2.05, 4.69) is 18.7 Å². The molecule has 1 saturated heterocycles. The van der Waals surface area contributed by atoms with Crippen LogP contribution in [0.3, 0.4) is 0 Å². The summed E-state index contributed by atoms with van der Waals surface area (Å²) in [5.74, 6) is 0.583. The molecule has 19 heavy (non-hydrogen) atoms. The van der Waals surface area contributed by atoms with Crippen LogP contribution in [0.1, 0.15) is 43.5 Å². The summed E-state index contributed by atoms with van der Waals surface area (Å²) < 4.78 is 12.8. The summed E-state index contributed by atoms with van der Waals surface area (Å²) in [6, 6.07) is 6.46. The van der Waals surface area contributed by atoms with Gasteiger partial charge in [0.25, 0.3) is 0 Å². The number of halogens is 1. The first-order chi connectivity index (χ1) is 9.06. The first-order valence-corrected chi connectivity index (χ1v) is 7.09. The molecule has 0 amide bonds. The molecule has 0 aromatic heterocycles. The summed E-state index contributed by atoms with van der Waals surface area (Å²) in [6.07, 6.45) is 2.68. The third-order valence-electron chi connectivity index (χ3n) is 3.93. The molecule has 0 aliphatic carbocycles. The summed E-state index contributed by atoms with van der Waals surface area (Å²) in [5, 5.41) is 0. The zero-order chi connectivity index (χ0) is 13.8. The molecule has 1 aromatic rings. The number of likely N-dealkylation sites (tertiary alicyclic amines) is 1. The molecule has 1 fully saturated rings. The van der Waals surface area contributed by atoms with Crippen molar-refractivity contribution in [2.45, 2.75) is 39.2 Å². The average Bonchev–Trinajstić information content (AvgIpc) is 2.68. The van der Waals surface area contributed by atoms with Crippen molar-refractivity contribution < 1.29 is 9.18 Å². The highest BCUT2D eigenvalue weighted by atomic mass is 19.1. The van der Waals surface area contributed by atoms with Gasteiger partial charge in [0, 0.05) is 24.6 Å². The number of hydrogen-bond donors (Lipinski definition) is 0. The van der Waals surface area contributed by atoms with Crippen molar-refractivity contribution in [3.05, 3.63) is 35.6 Å². The molecule has 104 valence electrons. The monoisotopic (exact) mass is 263 g/mol. The van der Waals surface area contributed by atoms with Gasteiger partial charge in [-0.2, -0.15) is 0 Å². The topological polar surface area (TPSA) is 20.3 Å². The fourth-order valence-electron chi connectivity index (χ4n) is 2.92. The Bertz CT molecular complexity index is 429. The molecule has 1 aromatic carbocycles. The second-order valence-corrected chi connectivity index (χ2v) is 5.72. The van der Waals surface area contributed by atoms with Gasteiger partial charge in [-0.1, -0.05) is 6.92 Å². The van der Waals surface area contributed by atoms with E-state index >= 15 is 0 Å². The van der Waals surface area contributed by atoms with E-state index in [4.69, 9.17) is 0 Å². The quantitative estimate of drug-likeness (QED) is 0.758. The van der Waals surface area contributed by atoms with Gasteiger partial charge in [0.1, 0.15) is 5.82 Å². The number of carbonyl (C=O) groups excluding carboxylic acids is 1. The molecule has 2 rings (SSSR count). The lowest BCUT2D eigenvalue weighted by Crippen LogP contribution is -2.28. The molecule has 2 atom stereocenters. The molecule has 3 heteroatoms. The van der Waals surface area contributed by atoms with Crippen molar-refractivity contribution in [2.24, 2.45) is 5.92 Å². The Kier molecular flexibility index (Phi) is 4.70. The Labute approximate surface area is 114 Å². The number of rotatable bonds is 5. The summed E-state index contributed by atoms with van der Waals surface area (Å²) >= 11 is 0. The van der Waals surface area contributed by atoms with Crippen molar-refractivity contribution in [1.82, 2.24) is 4.90 Å². The van der Waals surface area contributed by atoms with Crippen LogP contribution >= 0.6 is 0 Å². The molecule has 0 bridgehead atoms. The minimum atomic E-state index is -0.295. The summed E-state index contributed by atoms with van der Waals surface area (Å²) in [4.78, 5) is 14.4. The lowest BCUT2D eigenvalue weighted by atomic mass is 10.1. The Balaban J connectivity index is 1.76. The minimum absolute atomic E-state index is 0.111. The van der Waals surface area contributed by atoms with E-state index in [0.717, 1.165) is 25.4 Å². The zero-order valence-electron chi connectivity index (χ0n) is 11.7. The molecule has 1 aliphatic rings. The summed E-state index contributed by atoms with van der Waals surface area (Å²) in [7, 11) is 0. The van der Waals surface area contributed by atoms with E-state index in [9.17, 15) is 9.18 Å². The second kappa shape index (κ2) is 6.29. The largest absolute Gasteiger partial charge is 0.300 e. The van der Waals surface area contributed by atoms with E-state index in [0.29, 0.717) is 18.0 Å². The van der Waals surface area contributed by atoms with Gasteiger partial charge in [-0.25, -0.2) is 4.39 Å². The summed E-state index contributed by atoms with van der Waals surface area (Å²) in [6.45, 7) is 6.66. The van der Waals surface area contributed by atoms with Crippen LogP contribution in [0.4, 0.5) is 4.39 Å². The average molecular weight is 263 g/mol. The standard InChI is InChI=1S/C16H22FNO/c1-12-10-13(2)18(11-12)9-3-4-16(19)14-5-7-15(17)8-6-14/h5-8,12-13H,3-4,9-11H2,1-2H3. The van der Waals surface area contributed by atoms with Crippen molar-refractivity contribution in [3.63, 3.8) is 0 Å². The van der Waals surface area contributed by atoms with Crippen LogP contribution in [0.25, 0.3) is 0 Å². The van der Waals surface area contributed by atoms with E-state index < -0.39 is 0 Å². The number of hydrogen-bond acceptors (Lipinski definition) is 2. The maximum atomic E-state index is 12.8. The molecule has 0 radical (unpaired) electrons. The highest BCUT2D eigenvalue weighted by molar-refractivity contribution is 5.95. The Hall–Kier alpha value is -1.22. The van der Waals surface area contributed by atoms with Crippen LogP contribution in [0, 0.1) is 11.7 Å². The summed E-state index contributed by atoms with van der Waals surface area (Å²) in [5.41, 5.74) is 0.615. The third kappa shape index (κ3) is 3.87. The van der Waals surface area contributed by atoms with Gasteiger partial charge >= 0.3 is 0 Å². The Morgan fingerprint density at radius 1 is 1.32 bits per heavy atom. The van der Waals surface area contributed by atoms with Gasteiger partial charge in [-0.15, -0.1) is 0 Å². The van der Waals surface area contributed by atoms with Crippen LogP contribution in [0.2, 0.25) is 0 Å². The molecule has 1 heterocycles. The van der Waals surface area contributed by atoms with Crippen LogP contribution in [0.5, 0.6) is 0 Å². The van der Waals surface area contributed by atoms with Gasteiger partial charge in [-0.05, 0) is 56.5 Å². The highest BCUT2D eigenvalue weighted by Gasteiger charge is 2.25. The molecular formula is C16H22FNO. The lowest BCUT2D eigenvalue weighted by Gasteiger charge is -2.20. The predicted molar refractivity (Wildman–Crippen MR) is 74.8 cm³/mol. The third-order valence-corrected chi connectivity index (χ3v) is 3.93. The van der Waals surface area contributed by atoms with Gasteiger partial charge in [0.15, 0.2) is 5.78 Å². The molecule has 0 N–H and O–H groups in total. The molecule has 0 spiro atoms. The van der Waals surface area contributed by atoms with E-state index in [1.54, 1.807) is 12.1 Å². The lowest BCUT2D eigenvalue weighted by molar-refractivity contribution is 0.0974. The highest BCUT2D eigenvalue weighted by Crippen LogP contribution is 2.22. The van der Waals surface area contributed by atoms with Crippen LogP contribution in [-0.2, 0) is 0 Å². The first-order valence-electron chi connectivity index (χ1n) is 7.09. The van der Waals surface area contributed by atoms with Crippen LogP contribution in [0.15, 0.2) is 24.3 Å². The molecule has 0 saturated carbocycles. The number of benzene rings is 1. The zero-order valence-corrected chi connectivity index (χ0v) is 11.7. The SMILES string of the molecule is CC1CC(C)N(CCCC(=O)c2ccc(F)cc2)C1. The van der Waals surface area contributed by atoms with Crippen LogP contribution in [-0.4, -0.2) is 29.8 Å². The maximum Gasteiger partial charge on any atom is 0.162 e. The molecule has 2 nitrogen and oxygen atoms in total. The van der Waals surface area contributed by atoms with Crippen molar-refractivity contribution in [2.75, 3.05) is 13.1 Å². The van der Waals surface area contributed by atoms with E-state index in [1.807, 2.05) is 0 Å². The Morgan fingerprint density at radius 3 is 2.58 bits per heavy atom. The number of ketones is 1. The number of Topliss-reactive ketones (excluding diaryl/α,β-unsaturated/α-hetero) is 1. The van der Waals surface area contributed by atoms with Crippen molar-refractivity contribution in [3.8, 4) is 0 Å². The van der Waals surface area contributed by atoms with Crippen molar-refractivity contribution in [1.29, 1.82) is 0 Å². The maximum absolute atomic E-state index is 12.8. The first kappa shape index (κ1) is 14.2. The predicted octanol–water partition coefficient (Wildman–Crippen LogP) is 3.52. The molecule has 1 aliphatic heterocycles. The number of nitrogens with zero attached hydrogens (tertiary/aromatic N) is 1. The number of carbonyl (C=O) groups is 1. The Morgan fingerprint density at radius 2 is 2.00 bits per heavy atom. The normalized spacial score (nSPS) is 23.7. The van der Waals surface area contributed by atoms with Crippen molar-refractivity contribution >= 4 is 5.78 Å². The van der Waals surface area contributed by atoms with Gasteiger partial charge in [0.05, 0.1) is 0 Å². The smallest absolute Gasteiger partial charge is 0.162 e. The van der Waals surface area contributed by atoms with Gasteiger partial charge in [0.2, 0.25) is 0 Å².